The molecule has 23 heavy (non-hydrogen) atoms. The lowest BCUT2D eigenvalue weighted by atomic mass is 9.93. The second kappa shape index (κ2) is 4.81. The summed E-state index contributed by atoms with van der Waals surface area (Å²) in [5, 5.41) is 6.58. The number of rotatable bonds is 0. The third-order valence-corrected chi connectivity index (χ3v) is 8.58. The highest BCUT2D eigenvalue weighted by Crippen LogP contribution is 2.48. The third-order valence-electron chi connectivity index (χ3n) is 4.35. The van der Waals surface area contributed by atoms with Crippen molar-refractivity contribution in [2.75, 3.05) is 0 Å². The molecule has 0 radical (unpaired) electrons. The highest BCUT2D eigenvalue weighted by atomic mass is 32.1. The van der Waals surface area contributed by atoms with Crippen LogP contribution in [0.5, 0.6) is 0 Å². The Bertz CT molecular complexity index is 944. The first-order valence-corrected chi connectivity index (χ1v) is 10.5. The molecule has 0 bridgehead atoms. The normalized spacial score (nSPS) is 13.7. The van der Waals surface area contributed by atoms with Gasteiger partial charge in [0.05, 0.1) is 9.40 Å². The fourth-order valence-corrected chi connectivity index (χ4v) is 6.57. The summed E-state index contributed by atoms with van der Waals surface area (Å²) in [4.78, 5) is 2.97. The predicted molar refractivity (Wildman–Crippen MR) is 110 cm³/mol. The maximum atomic E-state index is 2.44. The van der Waals surface area contributed by atoms with Crippen molar-refractivity contribution in [2.24, 2.45) is 0 Å². The molecule has 3 heterocycles. The molecule has 0 aliphatic carbocycles. The first kappa shape index (κ1) is 15.6. The van der Waals surface area contributed by atoms with Crippen molar-refractivity contribution in [3.63, 3.8) is 0 Å². The van der Waals surface area contributed by atoms with Crippen LogP contribution in [0.4, 0.5) is 0 Å². The van der Waals surface area contributed by atoms with Gasteiger partial charge in [0.15, 0.2) is 0 Å². The fourth-order valence-electron chi connectivity index (χ4n) is 2.96. The van der Waals surface area contributed by atoms with Crippen molar-refractivity contribution in [3.8, 4) is 0 Å². The van der Waals surface area contributed by atoms with E-state index in [0.717, 1.165) is 0 Å². The predicted octanol–water partition coefficient (Wildman–Crippen LogP) is 7.93. The van der Waals surface area contributed by atoms with Crippen LogP contribution in [-0.2, 0) is 10.8 Å². The molecule has 3 heteroatoms. The van der Waals surface area contributed by atoms with Gasteiger partial charge < -0.3 is 0 Å². The number of hydrogen-bond donors (Lipinski definition) is 0. The minimum atomic E-state index is 0.211. The van der Waals surface area contributed by atoms with Gasteiger partial charge in [0.2, 0.25) is 0 Å². The lowest BCUT2D eigenvalue weighted by Gasteiger charge is -2.15. The summed E-state index contributed by atoms with van der Waals surface area (Å²) in [5.41, 5.74) is 0.423. The first-order valence-electron chi connectivity index (χ1n) is 8.03. The Morgan fingerprint density at radius 3 is 1.74 bits per heavy atom. The van der Waals surface area contributed by atoms with Crippen LogP contribution in [-0.4, -0.2) is 0 Å². The minimum absolute atomic E-state index is 0.211. The van der Waals surface area contributed by atoms with E-state index in [1.165, 1.54) is 40.0 Å². The fraction of sp³-hybridized carbons (Fsp3) is 0.400. The molecular formula is C20H22S3. The number of benzene rings is 1. The van der Waals surface area contributed by atoms with Gasteiger partial charge in [-0.3, -0.25) is 0 Å². The lowest BCUT2D eigenvalue weighted by Crippen LogP contribution is -2.07. The maximum absolute atomic E-state index is 2.44. The molecule has 0 saturated carbocycles. The van der Waals surface area contributed by atoms with E-state index in [-0.39, 0.29) is 10.8 Å². The minimum Gasteiger partial charge on any atom is -0.143 e. The molecular weight excluding hydrogens is 336 g/mol. The molecule has 1 aromatic carbocycles. The second-order valence-electron chi connectivity index (χ2n) is 8.37. The van der Waals surface area contributed by atoms with Crippen molar-refractivity contribution < 1.29 is 0 Å². The van der Waals surface area contributed by atoms with Gasteiger partial charge in [-0.1, -0.05) is 41.5 Å². The molecule has 120 valence electrons. The second-order valence-corrected chi connectivity index (χ2v) is 11.4. The van der Waals surface area contributed by atoms with Gasteiger partial charge in [-0.05, 0) is 34.4 Å². The third kappa shape index (κ3) is 2.36. The van der Waals surface area contributed by atoms with E-state index < -0.39 is 0 Å². The van der Waals surface area contributed by atoms with E-state index in [2.05, 4.69) is 65.1 Å². The van der Waals surface area contributed by atoms with Crippen LogP contribution in [0.25, 0.3) is 30.3 Å². The average molecular weight is 359 g/mol. The Hall–Kier alpha value is -0.900. The van der Waals surface area contributed by atoms with Crippen molar-refractivity contribution in [3.05, 3.63) is 33.3 Å². The first-order chi connectivity index (χ1) is 10.7. The van der Waals surface area contributed by atoms with Gasteiger partial charge in [-0.25, -0.2) is 0 Å². The molecule has 0 spiro atoms. The summed E-state index contributed by atoms with van der Waals surface area (Å²) in [7, 11) is 0. The van der Waals surface area contributed by atoms with Gasteiger partial charge in [0, 0.05) is 30.6 Å². The standard InChI is InChI=1S/C20H22S3/c1-19(2,3)14-9-12-11-7-8-21-16(11)13-10-15(20(4,5)6)23-18(13)17(12)22-14/h7-10H,1-6H3. The Morgan fingerprint density at radius 2 is 1.17 bits per heavy atom. The summed E-state index contributed by atoms with van der Waals surface area (Å²) < 4.78 is 4.43. The van der Waals surface area contributed by atoms with Crippen molar-refractivity contribution in [1.82, 2.24) is 0 Å². The molecule has 0 aliphatic rings. The molecule has 0 aliphatic heterocycles. The van der Waals surface area contributed by atoms with E-state index in [1.54, 1.807) is 0 Å². The van der Waals surface area contributed by atoms with Crippen molar-refractivity contribution >= 4 is 64.3 Å². The molecule has 0 unspecified atom stereocenters. The van der Waals surface area contributed by atoms with Crippen LogP contribution in [0, 0.1) is 0 Å². The number of fused-ring (bicyclic) bond motifs is 6. The molecule has 0 amide bonds. The molecule has 4 rings (SSSR count). The highest BCUT2D eigenvalue weighted by molar-refractivity contribution is 7.29. The highest BCUT2D eigenvalue weighted by Gasteiger charge is 2.23. The Kier molecular flexibility index (Phi) is 3.27. The van der Waals surface area contributed by atoms with Gasteiger partial charge in [-0.2, -0.15) is 0 Å². The number of thiophene rings is 3. The van der Waals surface area contributed by atoms with Crippen molar-refractivity contribution in [1.29, 1.82) is 0 Å². The zero-order valence-electron chi connectivity index (χ0n) is 14.5. The molecule has 0 saturated heterocycles. The Labute approximate surface area is 149 Å². The van der Waals surface area contributed by atoms with Gasteiger partial charge in [-0.15, -0.1) is 34.0 Å². The summed E-state index contributed by atoms with van der Waals surface area (Å²) in [6.45, 7) is 13.9. The molecule has 4 aromatic rings. The SMILES string of the molecule is CC(C)(C)c1cc2c3ccsc3c3cc(C(C)(C)C)sc3c2s1. The van der Waals surface area contributed by atoms with Crippen LogP contribution in [0.15, 0.2) is 23.6 Å². The van der Waals surface area contributed by atoms with Gasteiger partial charge >= 0.3 is 0 Å². The largest absolute Gasteiger partial charge is 0.143 e. The van der Waals surface area contributed by atoms with E-state index >= 15 is 0 Å². The molecule has 0 N–H and O–H groups in total. The molecule has 0 nitrogen and oxygen atoms in total. The van der Waals surface area contributed by atoms with E-state index in [4.69, 9.17) is 0 Å². The summed E-state index contributed by atoms with van der Waals surface area (Å²) in [6, 6.07) is 7.18. The molecule has 3 aromatic heterocycles. The topological polar surface area (TPSA) is 0 Å². The van der Waals surface area contributed by atoms with Gasteiger partial charge in [0.1, 0.15) is 0 Å². The quantitative estimate of drug-likeness (QED) is 0.299. The van der Waals surface area contributed by atoms with Crippen LogP contribution < -0.4 is 0 Å². The average Bonchev–Trinajstić information content (AvgIpc) is 3.13. The van der Waals surface area contributed by atoms with E-state index in [0.29, 0.717) is 0 Å². The number of hydrogen-bond acceptors (Lipinski definition) is 3. The Morgan fingerprint density at radius 1 is 0.652 bits per heavy atom. The summed E-state index contributed by atoms with van der Waals surface area (Å²) in [6.07, 6.45) is 0. The maximum Gasteiger partial charge on any atom is 0.0538 e. The van der Waals surface area contributed by atoms with Crippen LogP contribution >= 0.6 is 34.0 Å². The zero-order chi connectivity index (χ0) is 16.6. The zero-order valence-corrected chi connectivity index (χ0v) is 17.0. The molecule has 0 fully saturated rings. The lowest BCUT2D eigenvalue weighted by molar-refractivity contribution is 0.604. The van der Waals surface area contributed by atoms with Crippen LogP contribution in [0.3, 0.4) is 0 Å². The van der Waals surface area contributed by atoms with E-state index in [1.807, 2.05) is 34.0 Å². The van der Waals surface area contributed by atoms with Crippen LogP contribution in [0.1, 0.15) is 51.3 Å². The molecule has 0 atom stereocenters. The Balaban J connectivity index is 2.19. The van der Waals surface area contributed by atoms with Gasteiger partial charge in [0.25, 0.3) is 0 Å². The monoisotopic (exact) mass is 358 g/mol. The summed E-state index contributed by atoms with van der Waals surface area (Å²) in [5.74, 6) is 0. The smallest absolute Gasteiger partial charge is 0.0538 e. The van der Waals surface area contributed by atoms with Crippen LogP contribution in [0.2, 0.25) is 0 Å². The summed E-state index contributed by atoms with van der Waals surface area (Å²) >= 11 is 5.87. The van der Waals surface area contributed by atoms with Crippen molar-refractivity contribution in [2.45, 2.75) is 52.4 Å². The van der Waals surface area contributed by atoms with E-state index in [9.17, 15) is 0 Å².